The van der Waals surface area contributed by atoms with Crippen molar-refractivity contribution >= 4 is 23.5 Å². The number of pyridine rings is 1. The number of ether oxygens (including phenoxy) is 3. The predicted molar refractivity (Wildman–Crippen MR) is 130 cm³/mol. The Hall–Kier alpha value is -2.61. The van der Waals surface area contributed by atoms with E-state index < -0.39 is 41.1 Å². The molecule has 8 heteroatoms. The third kappa shape index (κ3) is 8.23. The number of nitrogens with zero attached hydrogens (tertiary/aromatic N) is 1. The van der Waals surface area contributed by atoms with Gasteiger partial charge in [0.25, 0.3) is 0 Å². The van der Waals surface area contributed by atoms with Crippen molar-refractivity contribution in [3.05, 3.63) is 29.6 Å². The van der Waals surface area contributed by atoms with Crippen molar-refractivity contribution < 1.29 is 33.4 Å². The van der Waals surface area contributed by atoms with Crippen LogP contribution in [0.3, 0.4) is 0 Å². The lowest BCUT2D eigenvalue weighted by Crippen LogP contribution is -2.51. The molecule has 0 radical (unpaired) electrons. The number of aryl methyl sites for hydroxylation is 1. The van der Waals surface area contributed by atoms with E-state index in [0.29, 0.717) is 18.1 Å². The first kappa shape index (κ1) is 28.6. The summed E-state index contributed by atoms with van der Waals surface area (Å²) in [5.41, 5.74) is -2.41. The van der Waals surface area contributed by atoms with Crippen molar-refractivity contribution in [3.63, 3.8) is 0 Å². The highest BCUT2D eigenvalue weighted by Gasteiger charge is 2.54. The second-order valence-corrected chi connectivity index (χ2v) is 10.2. The Kier molecular flexibility index (Phi) is 10.6. The Labute approximate surface area is 208 Å². The van der Waals surface area contributed by atoms with Crippen LogP contribution in [0, 0.1) is 18.3 Å². The summed E-state index contributed by atoms with van der Waals surface area (Å²) in [4.78, 5) is 57.4. The molecule has 0 bridgehead atoms. The largest absolute Gasteiger partial charge is 0.466 e. The molecular weight excluding hydrogens is 450 g/mol. The minimum absolute atomic E-state index is 0.0975. The summed E-state index contributed by atoms with van der Waals surface area (Å²) in [6.07, 6.45) is 7.72. The lowest BCUT2D eigenvalue weighted by Gasteiger charge is -2.32. The van der Waals surface area contributed by atoms with Gasteiger partial charge in [-0.1, -0.05) is 19.3 Å². The van der Waals surface area contributed by atoms with E-state index >= 15 is 0 Å². The van der Waals surface area contributed by atoms with Crippen molar-refractivity contribution in [1.82, 2.24) is 4.98 Å². The van der Waals surface area contributed by atoms with Gasteiger partial charge in [0.05, 0.1) is 6.61 Å². The fraction of sp³-hybridized carbons (Fsp3) is 0.667. The number of Topliss-reactive ketones (excluding diaryl/α,β-unsaturated/α-hetero) is 2. The van der Waals surface area contributed by atoms with Gasteiger partial charge in [-0.25, -0.2) is 0 Å². The van der Waals surface area contributed by atoms with Crippen LogP contribution in [0.4, 0.5) is 0 Å². The van der Waals surface area contributed by atoms with Gasteiger partial charge < -0.3 is 14.2 Å². The zero-order valence-corrected chi connectivity index (χ0v) is 21.7. The first-order valence-corrected chi connectivity index (χ1v) is 12.5. The zero-order chi connectivity index (χ0) is 26.1. The standard InChI is InChI=1S/C27H39NO7/c1-6-34-23(30)12-13-27(25(32)35-26(3,4)5,24(31)21-14-19(2)15-28-16-21)22(29)18-33-17-20-10-8-7-9-11-20/h14-16,20H,6-13,17-18H2,1-5H3. The molecule has 2 rings (SSSR count). The SMILES string of the molecule is CCOC(=O)CCC(C(=O)COCC1CCCCC1)(C(=O)OC(C)(C)C)C(=O)c1cncc(C)c1. The summed E-state index contributed by atoms with van der Waals surface area (Å²) in [5.74, 6) is -2.72. The number of hydrogen-bond acceptors (Lipinski definition) is 8. The van der Waals surface area contributed by atoms with Crippen molar-refractivity contribution in [3.8, 4) is 0 Å². The molecule has 194 valence electrons. The third-order valence-corrected chi connectivity index (χ3v) is 6.07. The van der Waals surface area contributed by atoms with Gasteiger partial charge in [-0.05, 0) is 71.4 Å². The molecule has 1 aromatic rings. The van der Waals surface area contributed by atoms with Gasteiger partial charge in [0.15, 0.2) is 17.0 Å². The molecule has 0 aliphatic heterocycles. The normalized spacial score (nSPS) is 16.3. The summed E-state index contributed by atoms with van der Waals surface area (Å²) in [5, 5.41) is 0. The predicted octanol–water partition coefficient (Wildman–Crippen LogP) is 4.41. The highest BCUT2D eigenvalue weighted by atomic mass is 16.6. The maximum Gasteiger partial charge on any atom is 0.328 e. The molecule has 8 nitrogen and oxygen atoms in total. The Bertz CT molecular complexity index is 899. The van der Waals surface area contributed by atoms with Crippen LogP contribution >= 0.6 is 0 Å². The van der Waals surface area contributed by atoms with Gasteiger partial charge in [-0.15, -0.1) is 0 Å². The first-order chi connectivity index (χ1) is 16.5. The lowest BCUT2D eigenvalue weighted by atomic mass is 9.73. The van der Waals surface area contributed by atoms with Crippen LogP contribution in [0.25, 0.3) is 0 Å². The average Bonchev–Trinajstić information content (AvgIpc) is 2.79. The number of carbonyl (C=O) groups excluding carboxylic acids is 4. The molecule has 1 aromatic heterocycles. The van der Waals surface area contributed by atoms with Gasteiger partial charge in [0, 0.05) is 31.0 Å². The molecule has 0 amide bonds. The summed E-state index contributed by atoms with van der Waals surface area (Å²) in [6, 6.07) is 1.56. The highest BCUT2D eigenvalue weighted by Crippen LogP contribution is 2.35. The first-order valence-electron chi connectivity index (χ1n) is 12.5. The fourth-order valence-corrected chi connectivity index (χ4v) is 4.30. The molecule has 0 aromatic carbocycles. The van der Waals surface area contributed by atoms with Crippen molar-refractivity contribution in [2.45, 2.75) is 85.2 Å². The number of aromatic nitrogens is 1. The molecule has 35 heavy (non-hydrogen) atoms. The molecule has 1 atom stereocenters. The van der Waals surface area contributed by atoms with E-state index in [1.807, 2.05) is 0 Å². The number of ketones is 2. The Morgan fingerprint density at radius 1 is 1.06 bits per heavy atom. The third-order valence-electron chi connectivity index (χ3n) is 6.07. The molecule has 1 fully saturated rings. The maximum absolute atomic E-state index is 13.9. The van der Waals surface area contributed by atoms with Crippen LogP contribution in [0.1, 0.15) is 88.6 Å². The Morgan fingerprint density at radius 2 is 1.74 bits per heavy atom. The smallest absolute Gasteiger partial charge is 0.328 e. The van der Waals surface area contributed by atoms with Gasteiger partial charge in [-0.3, -0.25) is 24.2 Å². The highest BCUT2D eigenvalue weighted by molar-refractivity contribution is 6.27. The van der Waals surface area contributed by atoms with E-state index in [2.05, 4.69) is 4.98 Å². The van der Waals surface area contributed by atoms with E-state index in [1.54, 1.807) is 46.9 Å². The molecule has 1 unspecified atom stereocenters. The van der Waals surface area contributed by atoms with Crippen molar-refractivity contribution in [2.75, 3.05) is 19.8 Å². The monoisotopic (exact) mass is 489 g/mol. The second-order valence-electron chi connectivity index (χ2n) is 10.2. The van der Waals surface area contributed by atoms with E-state index in [9.17, 15) is 19.2 Å². The number of rotatable bonds is 12. The average molecular weight is 490 g/mol. The van der Waals surface area contributed by atoms with E-state index in [4.69, 9.17) is 14.2 Å². The van der Waals surface area contributed by atoms with Crippen molar-refractivity contribution in [2.24, 2.45) is 11.3 Å². The van der Waals surface area contributed by atoms with Crippen LogP contribution in [0.5, 0.6) is 0 Å². The molecule has 1 heterocycles. The van der Waals surface area contributed by atoms with E-state index in [1.165, 1.54) is 12.6 Å². The van der Waals surface area contributed by atoms with Crippen LogP contribution < -0.4 is 0 Å². The quantitative estimate of drug-likeness (QED) is 0.241. The molecule has 1 saturated carbocycles. The molecule has 1 aliphatic rings. The maximum atomic E-state index is 13.9. The summed E-state index contributed by atoms with van der Waals surface area (Å²) in [7, 11) is 0. The Morgan fingerprint density at radius 3 is 2.34 bits per heavy atom. The van der Waals surface area contributed by atoms with Crippen LogP contribution in [0.2, 0.25) is 0 Å². The minimum Gasteiger partial charge on any atom is -0.466 e. The molecule has 0 saturated heterocycles. The molecule has 0 N–H and O–H groups in total. The number of carbonyl (C=O) groups is 4. The van der Waals surface area contributed by atoms with Gasteiger partial charge in [0.1, 0.15) is 12.2 Å². The second kappa shape index (κ2) is 12.9. The van der Waals surface area contributed by atoms with Gasteiger partial charge >= 0.3 is 11.9 Å². The van der Waals surface area contributed by atoms with Crippen LogP contribution in [0.15, 0.2) is 18.5 Å². The van der Waals surface area contributed by atoms with Crippen molar-refractivity contribution in [1.29, 1.82) is 0 Å². The molecule has 0 spiro atoms. The number of esters is 2. The topological polar surface area (TPSA) is 109 Å². The van der Waals surface area contributed by atoms with Crippen LogP contribution in [-0.4, -0.2) is 53.9 Å². The molecular formula is C27H39NO7. The van der Waals surface area contributed by atoms with Crippen LogP contribution in [-0.2, 0) is 28.6 Å². The summed E-state index contributed by atoms with van der Waals surface area (Å²) >= 11 is 0. The van der Waals surface area contributed by atoms with Gasteiger partial charge in [-0.2, -0.15) is 0 Å². The summed E-state index contributed by atoms with van der Waals surface area (Å²) < 4.78 is 16.3. The number of hydrogen-bond donors (Lipinski definition) is 0. The van der Waals surface area contributed by atoms with E-state index in [-0.39, 0.29) is 25.0 Å². The lowest BCUT2D eigenvalue weighted by molar-refractivity contribution is -0.168. The fourth-order valence-electron chi connectivity index (χ4n) is 4.30. The molecule has 1 aliphatic carbocycles. The Balaban J connectivity index is 2.41. The van der Waals surface area contributed by atoms with Gasteiger partial charge in [0.2, 0.25) is 0 Å². The van der Waals surface area contributed by atoms with E-state index in [0.717, 1.165) is 25.7 Å². The minimum atomic E-state index is -2.25. The zero-order valence-electron chi connectivity index (χ0n) is 21.7. The summed E-state index contributed by atoms with van der Waals surface area (Å²) in [6.45, 7) is 8.49.